The summed E-state index contributed by atoms with van der Waals surface area (Å²) in [5.41, 5.74) is -0.285. The van der Waals surface area contributed by atoms with E-state index < -0.39 is 23.1 Å². The number of carboxylic acids is 2. The van der Waals surface area contributed by atoms with Crippen LogP contribution in [0.5, 0.6) is 0 Å². The molecule has 0 amide bonds. The molecule has 0 spiro atoms. The molecule has 0 aliphatic rings. The number of carbonyl (C=O) groups is 2. The second-order valence-electron chi connectivity index (χ2n) is 2.58. The molecule has 0 saturated carbocycles. The van der Waals surface area contributed by atoms with E-state index in [0.29, 0.717) is 5.56 Å². The Morgan fingerprint density at radius 1 is 1.13 bits per heavy atom. The second-order valence-corrected chi connectivity index (χ2v) is 2.58. The molecule has 0 unspecified atom stereocenters. The van der Waals surface area contributed by atoms with Crippen LogP contribution < -0.4 is 10.2 Å². The van der Waals surface area contributed by atoms with Crippen molar-refractivity contribution >= 4 is 55.8 Å². The summed E-state index contributed by atoms with van der Waals surface area (Å²) < 4.78 is 0. The maximum Gasteiger partial charge on any atom is 2.00 e. The molecule has 0 aliphatic heterocycles. The smallest absolute Gasteiger partial charge is 0.545 e. The van der Waals surface area contributed by atoms with E-state index in [0.717, 1.165) is 6.07 Å². The van der Waals surface area contributed by atoms with Crippen molar-refractivity contribution in [2.24, 2.45) is 0 Å². The van der Waals surface area contributed by atoms with E-state index in [1.807, 2.05) is 0 Å². The molecule has 0 N–H and O–H groups in total. The van der Waals surface area contributed by atoms with Gasteiger partial charge in [-0.2, -0.15) is 0 Å². The number of carboxylic acid groups (broad SMARTS) is 2. The quantitative estimate of drug-likeness (QED) is 0.603. The third kappa shape index (κ3) is 3.34. The Morgan fingerprint density at radius 3 is 2.07 bits per heavy atom. The van der Waals surface area contributed by atoms with Gasteiger partial charge in [0.25, 0.3) is 0 Å². The van der Waals surface area contributed by atoms with Crippen molar-refractivity contribution in [1.29, 1.82) is 0 Å². The van der Waals surface area contributed by atoms with Crippen molar-refractivity contribution in [3.05, 3.63) is 41.5 Å². The van der Waals surface area contributed by atoms with Crippen molar-refractivity contribution in [3.63, 3.8) is 0 Å². The third-order valence-electron chi connectivity index (χ3n) is 1.72. The molecule has 4 nitrogen and oxygen atoms in total. The topological polar surface area (TPSA) is 80.3 Å². The monoisotopic (exact) mass is 230 g/mol. The maximum atomic E-state index is 10.6. The van der Waals surface area contributed by atoms with Crippen molar-refractivity contribution in [2.75, 3.05) is 0 Å². The fourth-order valence-corrected chi connectivity index (χ4v) is 1.04. The maximum absolute atomic E-state index is 10.6. The van der Waals surface area contributed by atoms with Crippen LogP contribution in [0.25, 0.3) is 6.08 Å². The van der Waals surface area contributed by atoms with Crippen LogP contribution in [0.3, 0.4) is 0 Å². The summed E-state index contributed by atoms with van der Waals surface area (Å²) in [7, 11) is 0. The summed E-state index contributed by atoms with van der Waals surface area (Å²) in [6.45, 7) is 3.43. The normalized spacial score (nSPS) is 8.80. The van der Waals surface area contributed by atoms with E-state index >= 15 is 0 Å². The molecule has 0 atom stereocenters. The first-order chi connectivity index (χ1) is 6.56. The average Bonchev–Trinajstić information content (AvgIpc) is 2.16. The van der Waals surface area contributed by atoms with E-state index in [1.54, 1.807) is 0 Å². The van der Waals surface area contributed by atoms with Gasteiger partial charge in [-0.25, -0.2) is 0 Å². The van der Waals surface area contributed by atoms with Gasteiger partial charge in [-0.15, -0.1) is 0 Å². The number of aromatic carboxylic acids is 2. The molecule has 5 heteroatoms. The number of rotatable bonds is 3. The van der Waals surface area contributed by atoms with Crippen molar-refractivity contribution < 1.29 is 19.8 Å². The molecule has 1 aromatic carbocycles. The van der Waals surface area contributed by atoms with Crippen LogP contribution in [0.4, 0.5) is 0 Å². The molecule has 0 fully saturated rings. The molecule has 15 heavy (non-hydrogen) atoms. The molecule has 0 aliphatic carbocycles. The van der Waals surface area contributed by atoms with E-state index in [1.165, 1.54) is 18.2 Å². The first kappa shape index (κ1) is 14.2. The third-order valence-corrected chi connectivity index (χ3v) is 1.72. The molecular formula is C10H6CaO4. The zero-order valence-electron chi connectivity index (χ0n) is 7.86. The van der Waals surface area contributed by atoms with E-state index in [4.69, 9.17) is 0 Å². The Labute approximate surface area is 116 Å². The number of hydrogen-bond acceptors (Lipinski definition) is 4. The molecule has 0 radical (unpaired) electrons. The van der Waals surface area contributed by atoms with Crippen molar-refractivity contribution in [1.82, 2.24) is 0 Å². The van der Waals surface area contributed by atoms with Gasteiger partial charge in [-0.1, -0.05) is 24.8 Å². The zero-order chi connectivity index (χ0) is 10.7. The van der Waals surface area contributed by atoms with Gasteiger partial charge < -0.3 is 19.8 Å². The fourth-order valence-electron chi connectivity index (χ4n) is 1.04. The van der Waals surface area contributed by atoms with Crippen LogP contribution in [0.1, 0.15) is 26.3 Å². The number of hydrogen-bond donors (Lipinski definition) is 0. The van der Waals surface area contributed by atoms with Gasteiger partial charge in [0.15, 0.2) is 0 Å². The Balaban J connectivity index is 0.00000196. The summed E-state index contributed by atoms with van der Waals surface area (Å²) in [4.78, 5) is 21.1. The fraction of sp³-hybridized carbons (Fsp3) is 0. The van der Waals surface area contributed by atoms with Gasteiger partial charge in [0.2, 0.25) is 0 Å². The summed E-state index contributed by atoms with van der Waals surface area (Å²) in [6, 6.07) is 3.76. The number of benzene rings is 1. The molecule has 72 valence electrons. The van der Waals surface area contributed by atoms with Crippen LogP contribution in [-0.4, -0.2) is 49.7 Å². The Bertz CT molecular complexity index is 412. The number of carbonyl (C=O) groups excluding carboxylic acids is 2. The van der Waals surface area contributed by atoms with Gasteiger partial charge in [-0.3, -0.25) is 0 Å². The first-order valence-electron chi connectivity index (χ1n) is 3.75. The molecule has 0 heterocycles. The molecule has 0 aromatic heterocycles. The van der Waals surface area contributed by atoms with Crippen molar-refractivity contribution in [2.45, 2.75) is 0 Å². The van der Waals surface area contributed by atoms with E-state index in [2.05, 4.69) is 6.58 Å². The van der Waals surface area contributed by atoms with Gasteiger partial charge in [0.1, 0.15) is 0 Å². The molecule has 1 rings (SSSR count). The minimum atomic E-state index is -1.55. The molecular weight excluding hydrogens is 224 g/mol. The minimum absolute atomic E-state index is 0. The van der Waals surface area contributed by atoms with E-state index in [9.17, 15) is 19.8 Å². The van der Waals surface area contributed by atoms with Crippen LogP contribution >= 0.6 is 0 Å². The van der Waals surface area contributed by atoms with Gasteiger partial charge in [0, 0.05) is 11.1 Å². The average molecular weight is 230 g/mol. The summed E-state index contributed by atoms with van der Waals surface area (Å²) in [5, 5.41) is 21.1. The SMILES string of the molecule is C=Cc1ccc(C(=O)[O-])c(C(=O)[O-])c1.[Ca+2]. The van der Waals surface area contributed by atoms with Gasteiger partial charge in [-0.05, 0) is 11.6 Å². The van der Waals surface area contributed by atoms with Gasteiger partial charge >= 0.3 is 37.7 Å². The second kappa shape index (κ2) is 5.90. The molecule has 0 saturated heterocycles. The minimum Gasteiger partial charge on any atom is -0.545 e. The van der Waals surface area contributed by atoms with Crippen LogP contribution in [0, 0.1) is 0 Å². The molecule has 0 bridgehead atoms. The Kier molecular flexibility index (Phi) is 5.57. The van der Waals surface area contributed by atoms with Gasteiger partial charge in [0.05, 0.1) is 11.9 Å². The van der Waals surface area contributed by atoms with Crippen LogP contribution in [-0.2, 0) is 0 Å². The standard InChI is InChI=1S/C10H8O4.Ca/c1-2-6-3-4-7(9(11)12)8(5-6)10(13)14;/h2-5H,1H2,(H,11,12)(H,13,14);/q;+2/p-2. The Morgan fingerprint density at radius 2 is 1.67 bits per heavy atom. The van der Waals surface area contributed by atoms with Crippen LogP contribution in [0.2, 0.25) is 0 Å². The largest absolute Gasteiger partial charge is 2.00 e. The predicted octanol–water partition coefficient (Wildman–Crippen LogP) is -1.32. The summed E-state index contributed by atoms with van der Waals surface area (Å²) in [6.07, 6.45) is 1.41. The van der Waals surface area contributed by atoms with Crippen LogP contribution in [0.15, 0.2) is 24.8 Å². The zero-order valence-corrected chi connectivity index (χ0v) is 10.1. The summed E-state index contributed by atoms with van der Waals surface area (Å²) in [5.74, 6) is -3.09. The molecule has 1 aromatic rings. The van der Waals surface area contributed by atoms with Crippen molar-refractivity contribution in [3.8, 4) is 0 Å². The summed E-state index contributed by atoms with van der Waals surface area (Å²) >= 11 is 0. The Hall–Kier alpha value is -0.840. The first-order valence-corrected chi connectivity index (χ1v) is 3.75. The predicted molar refractivity (Wildman–Crippen MR) is 50.9 cm³/mol. The van der Waals surface area contributed by atoms with E-state index in [-0.39, 0.29) is 37.7 Å².